The standard InChI is InChI=1S/C20H40O/c1-3-5-6-7-8-9-10-11-12-13-14-15-16-17-19-20(21)18-4-2/h3-19H2,1-2H3. The van der Waals surface area contributed by atoms with Crippen LogP contribution in [0.5, 0.6) is 0 Å². The highest BCUT2D eigenvalue weighted by Crippen LogP contribution is 2.13. The number of hydrogen-bond donors (Lipinski definition) is 0. The first-order chi connectivity index (χ1) is 10.3. The van der Waals surface area contributed by atoms with Crippen molar-refractivity contribution >= 4 is 5.78 Å². The van der Waals surface area contributed by atoms with Gasteiger partial charge in [-0.2, -0.15) is 0 Å². The van der Waals surface area contributed by atoms with Crippen LogP contribution in [0.3, 0.4) is 0 Å². The summed E-state index contributed by atoms with van der Waals surface area (Å²) in [5.41, 5.74) is 0. The molecule has 0 aliphatic carbocycles. The quantitative estimate of drug-likeness (QED) is 0.259. The molecule has 0 radical (unpaired) electrons. The van der Waals surface area contributed by atoms with Crippen molar-refractivity contribution in [2.24, 2.45) is 0 Å². The molecule has 0 rings (SSSR count). The minimum absolute atomic E-state index is 0.469. The molecular weight excluding hydrogens is 256 g/mol. The molecule has 0 heterocycles. The van der Waals surface area contributed by atoms with Gasteiger partial charge in [-0.15, -0.1) is 0 Å². The Bertz CT molecular complexity index is 210. The van der Waals surface area contributed by atoms with Crippen molar-refractivity contribution in [3.05, 3.63) is 0 Å². The summed E-state index contributed by atoms with van der Waals surface area (Å²) in [5.74, 6) is 0.469. The monoisotopic (exact) mass is 296 g/mol. The molecule has 1 heteroatoms. The van der Waals surface area contributed by atoms with Crippen LogP contribution < -0.4 is 0 Å². The third kappa shape index (κ3) is 17.6. The van der Waals surface area contributed by atoms with Gasteiger partial charge in [-0.3, -0.25) is 4.79 Å². The van der Waals surface area contributed by atoms with Crippen molar-refractivity contribution in [1.29, 1.82) is 0 Å². The molecule has 0 aliphatic rings. The minimum atomic E-state index is 0.469. The van der Waals surface area contributed by atoms with E-state index in [1.165, 1.54) is 83.5 Å². The van der Waals surface area contributed by atoms with E-state index in [0.29, 0.717) is 5.78 Å². The van der Waals surface area contributed by atoms with Crippen LogP contribution in [0.25, 0.3) is 0 Å². The first kappa shape index (κ1) is 20.7. The predicted molar refractivity (Wildman–Crippen MR) is 94.8 cm³/mol. The molecular formula is C20H40O. The lowest BCUT2D eigenvalue weighted by molar-refractivity contribution is -0.119. The van der Waals surface area contributed by atoms with Crippen molar-refractivity contribution < 1.29 is 4.79 Å². The van der Waals surface area contributed by atoms with E-state index in [9.17, 15) is 4.79 Å². The zero-order chi connectivity index (χ0) is 15.6. The summed E-state index contributed by atoms with van der Waals surface area (Å²) in [6, 6.07) is 0. The number of rotatable bonds is 17. The maximum absolute atomic E-state index is 11.4. The molecule has 0 spiro atoms. The first-order valence-electron chi connectivity index (χ1n) is 9.83. The summed E-state index contributed by atoms with van der Waals surface area (Å²) in [6.07, 6.45) is 22.0. The molecule has 0 fully saturated rings. The van der Waals surface area contributed by atoms with Gasteiger partial charge in [-0.1, -0.05) is 97.3 Å². The van der Waals surface area contributed by atoms with Gasteiger partial charge in [0.1, 0.15) is 5.78 Å². The Labute approximate surface area is 134 Å². The van der Waals surface area contributed by atoms with Gasteiger partial charge in [-0.05, 0) is 12.8 Å². The second-order valence-corrected chi connectivity index (χ2v) is 6.63. The molecule has 0 aromatic rings. The zero-order valence-corrected chi connectivity index (χ0v) is 14.9. The van der Waals surface area contributed by atoms with Crippen LogP contribution in [0, 0.1) is 0 Å². The minimum Gasteiger partial charge on any atom is -0.300 e. The molecule has 126 valence electrons. The van der Waals surface area contributed by atoms with E-state index in [-0.39, 0.29) is 0 Å². The van der Waals surface area contributed by atoms with Crippen LogP contribution >= 0.6 is 0 Å². The molecule has 0 amide bonds. The maximum Gasteiger partial charge on any atom is 0.132 e. The average molecular weight is 297 g/mol. The smallest absolute Gasteiger partial charge is 0.132 e. The Morgan fingerprint density at radius 2 is 0.857 bits per heavy atom. The summed E-state index contributed by atoms with van der Waals surface area (Å²) in [6.45, 7) is 4.37. The molecule has 0 saturated heterocycles. The molecule has 0 atom stereocenters. The van der Waals surface area contributed by atoms with Crippen molar-refractivity contribution in [3.8, 4) is 0 Å². The summed E-state index contributed by atoms with van der Waals surface area (Å²) >= 11 is 0. The highest BCUT2D eigenvalue weighted by Gasteiger charge is 1.99. The van der Waals surface area contributed by atoms with Gasteiger partial charge in [0.2, 0.25) is 0 Å². The Hall–Kier alpha value is -0.330. The fourth-order valence-corrected chi connectivity index (χ4v) is 2.92. The van der Waals surface area contributed by atoms with Gasteiger partial charge in [0.15, 0.2) is 0 Å². The normalized spacial score (nSPS) is 11.0. The highest BCUT2D eigenvalue weighted by atomic mass is 16.1. The summed E-state index contributed by atoms with van der Waals surface area (Å²) < 4.78 is 0. The van der Waals surface area contributed by atoms with E-state index in [1.807, 2.05) is 0 Å². The summed E-state index contributed by atoms with van der Waals surface area (Å²) in [5, 5.41) is 0. The molecule has 21 heavy (non-hydrogen) atoms. The second-order valence-electron chi connectivity index (χ2n) is 6.63. The van der Waals surface area contributed by atoms with E-state index < -0.39 is 0 Å². The van der Waals surface area contributed by atoms with E-state index in [0.717, 1.165) is 25.7 Å². The van der Waals surface area contributed by atoms with Gasteiger partial charge in [0.05, 0.1) is 0 Å². The van der Waals surface area contributed by atoms with Gasteiger partial charge >= 0.3 is 0 Å². The second kappa shape index (κ2) is 17.7. The van der Waals surface area contributed by atoms with Gasteiger partial charge < -0.3 is 0 Å². The van der Waals surface area contributed by atoms with Crippen LogP contribution in [0.2, 0.25) is 0 Å². The fourth-order valence-electron chi connectivity index (χ4n) is 2.92. The first-order valence-corrected chi connectivity index (χ1v) is 9.83. The van der Waals surface area contributed by atoms with Gasteiger partial charge in [0.25, 0.3) is 0 Å². The van der Waals surface area contributed by atoms with E-state index in [4.69, 9.17) is 0 Å². The molecule has 0 saturated carbocycles. The number of carbonyl (C=O) groups is 1. The van der Waals surface area contributed by atoms with E-state index >= 15 is 0 Å². The molecule has 0 bridgehead atoms. The number of carbonyl (C=O) groups excluding carboxylic acids is 1. The van der Waals surface area contributed by atoms with E-state index in [2.05, 4.69) is 13.8 Å². The molecule has 0 aromatic carbocycles. The van der Waals surface area contributed by atoms with Crippen molar-refractivity contribution in [2.45, 2.75) is 123 Å². The number of ketones is 1. The largest absolute Gasteiger partial charge is 0.300 e. The topological polar surface area (TPSA) is 17.1 Å². The summed E-state index contributed by atoms with van der Waals surface area (Å²) in [4.78, 5) is 11.4. The van der Waals surface area contributed by atoms with Crippen LogP contribution in [0.4, 0.5) is 0 Å². The van der Waals surface area contributed by atoms with Crippen LogP contribution in [0.15, 0.2) is 0 Å². The molecule has 0 N–H and O–H groups in total. The Morgan fingerprint density at radius 3 is 1.24 bits per heavy atom. The van der Waals surface area contributed by atoms with Gasteiger partial charge in [0, 0.05) is 12.8 Å². The van der Waals surface area contributed by atoms with Crippen molar-refractivity contribution in [3.63, 3.8) is 0 Å². The molecule has 0 unspecified atom stereocenters. The van der Waals surface area contributed by atoms with Crippen LogP contribution in [-0.2, 0) is 4.79 Å². The Balaban J connectivity index is 3.01. The Morgan fingerprint density at radius 1 is 0.476 bits per heavy atom. The third-order valence-corrected chi connectivity index (χ3v) is 4.34. The lowest BCUT2D eigenvalue weighted by Crippen LogP contribution is -1.96. The average Bonchev–Trinajstić information content (AvgIpc) is 2.48. The molecule has 1 nitrogen and oxygen atoms in total. The lowest BCUT2D eigenvalue weighted by Gasteiger charge is -2.03. The summed E-state index contributed by atoms with van der Waals surface area (Å²) in [7, 11) is 0. The fraction of sp³-hybridized carbons (Fsp3) is 0.950. The highest BCUT2D eigenvalue weighted by molar-refractivity contribution is 5.78. The SMILES string of the molecule is CCCCCCCCCCCCCCCCC(=O)CCC. The predicted octanol–water partition coefficient (Wildman–Crippen LogP) is 7.23. The third-order valence-electron chi connectivity index (χ3n) is 4.34. The number of unbranched alkanes of at least 4 members (excludes halogenated alkanes) is 13. The molecule has 0 aliphatic heterocycles. The van der Waals surface area contributed by atoms with Crippen LogP contribution in [0.1, 0.15) is 123 Å². The van der Waals surface area contributed by atoms with Crippen LogP contribution in [-0.4, -0.2) is 5.78 Å². The maximum atomic E-state index is 11.4. The van der Waals surface area contributed by atoms with Crippen molar-refractivity contribution in [1.82, 2.24) is 0 Å². The number of Topliss-reactive ketones (excluding diaryl/α,β-unsaturated/α-hetero) is 1. The lowest BCUT2D eigenvalue weighted by atomic mass is 10.0. The van der Waals surface area contributed by atoms with Crippen molar-refractivity contribution in [2.75, 3.05) is 0 Å². The van der Waals surface area contributed by atoms with Gasteiger partial charge in [-0.25, -0.2) is 0 Å². The zero-order valence-electron chi connectivity index (χ0n) is 14.9. The van der Waals surface area contributed by atoms with E-state index in [1.54, 1.807) is 0 Å². The Kier molecular flexibility index (Phi) is 17.4. The number of hydrogen-bond acceptors (Lipinski definition) is 1. The molecule has 0 aromatic heterocycles.